The highest BCUT2D eigenvalue weighted by Crippen LogP contribution is 2.27. The SMILES string of the molecule is C/C=C(/c1ccc(Cl)c(N)c1)C(C)C. The van der Waals surface area contributed by atoms with E-state index < -0.39 is 0 Å². The lowest BCUT2D eigenvalue weighted by atomic mass is 9.95. The highest BCUT2D eigenvalue weighted by Gasteiger charge is 2.06. The van der Waals surface area contributed by atoms with Crippen molar-refractivity contribution in [3.8, 4) is 0 Å². The third-order valence-electron chi connectivity index (χ3n) is 2.26. The van der Waals surface area contributed by atoms with Gasteiger partial charge in [-0.15, -0.1) is 0 Å². The fraction of sp³-hybridized carbons (Fsp3) is 0.333. The highest BCUT2D eigenvalue weighted by atomic mass is 35.5. The Morgan fingerprint density at radius 3 is 2.50 bits per heavy atom. The third kappa shape index (κ3) is 2.30. The summed E-state index contributed by atoms with van der Waals surface area (Å²) >= 11 is 5.86. The zero-order chi connectivity index (χ0) is 10.7. The van der Waals surface area contributed by atoms with Crippen molar-refractivity contribution in [2.45, 2.75) is 20.8 Å². The standard InChI is InChI=1S/C12H16ClN/c1-4-10(8(2)3)9-5-6-11(13)12(14)7-9/h4-8H,14H2,1-3H3/b10-4+. The van der Waals surface area contributed by atoms with Gasteiger partial charge >= 0.3 is 0 Å². The van der Waals surface area contributed by atoms with Gasteiger partial charge in [0.05, 0.1) is 10.7 Å². The first-order chi connectivity index (χ1) is 6.56. The van der Waals surface area contributed by atoms with Crippen LogP contribution in [0.15, 0.2) is 24.3 Å². The molecule has 0 saturated carbocycles. The van der Waals surface area contributed by atoms with Crippen molar-refractivity contribution in [2.24, 2.45) is 5.92 Å². The van der Waals surface area contributed by atoms with Crippen LogP contribution in [-0.2, 0) is 0 Å². The summed E-state index contributed by atoms with van der Waals surface area (Å²) < 4.78 is 0. The second-order valence-corrected chi connectivity index (χ2v) is 4.04. The average molecular weight is 210 g/mol. The monoisotopic (exact) mass is 209 g/mol. The van der Waals surface area contributed by atoms with E-state index in [0.717, 1.165) is 5.56 Å². The summed E-state index contributed by atoms with van der Waals surface area (Å²) in [5.41, 5.74) is 8.85. The Balaban J connectivity index is 3.13. The maximum absolute atomic E-state index is 5.86. The Labute approximate surface area is 90.6 Å². The van der Waals surface area contributed by atoms with Gasteiger partial charge in [-0.3, -0.25) is 0 Å². The fourth-order valence-corrected chi connectivity index (χ4v) is 1.67. The molecule has 76 valence electrons. The van der Waals surface area contributed by atoms with Crippen molar-refractivity contribution in [3.05, 3.63) is 34.9 Å². The molecule has 2 N–H and O–H groups in total. The number of hydrogen-bond donors (Lipinski definition) is 1. The minimum Gasteiger partial charge on any atom is -0.398 e. The van der Waals surface area contributed by atoms with Crippen LogP contribution in [0, 0.1) is 5.92 Å². The molecule has 0 heterocycles. The molecule has 1 nitrogen and oxygen atoms in total. The number of benzene rings is 1. The predicted octanol–water partition coefficient (Wildman–Crippen LogP) is 3.98. The van der Waals surface area contributed by atoms with Gasteiger partial charge in [-0.05, 0) is 36.1 Å². The molecule has 0 atom stereocenters. The van der Waals surface area contributed by atoms with Crippen molar-refractivity contribution in [2.75, 3.05) is 5.73 Å². The van der Waals surface area contributed by atoms with Crippen LogP contribution in [-0.4, -0.2) is 0 Å². The molecule has 0 aromatic heterocycles. The van der Waals surface area contributed by atoms with Crippen LogP contribution < -0.4 is 5.73 Å². The first-order valence-electron chi connectivity index (χ1n) is 4.78. The van der Waals surface area contributed by atoms with Crippen LogP contribution in [0.4, 0.5) is 5.69 Å². The Morgan fingerprint density at radius 2 is 2.07 bits per heavy atom. The van der Waals surface area contributed by atoms with Crippen LogP contribution in [0.25, 0.3) is 5.57 Å². The summed E-state index contributed by atoms with van der Waals surface area (Å²) in [6.45, 7) is 6.38. The van der Waals surface area contributed by atoms with E-state index in [1.807, 2.05) is 25.1 Å². The molecule has 0 spiro atoms. The molecule has 0 amide bonds. The van der Waals surface area contributed by atoms with E-state index >= 15 is 0 Å². The van der Waals surface area contributed by atoms with Gasteiger partial charge in [-0.2, -0.15) is 0 Å². The maximum atomic E-state index is 5.86. The zero-order valence-corrected chi connectivity index (χ0v) is 9.60. The van der Waals surface area contributed by atoms with Crippen LogP contribution >= 0.6 is 11.6 Å². The molecule has 0 radical (unpaired) electrons. The molecule has 0 fully saturated rings. The topological polar surface area (TPSA) is 26.0 Å². The van der Waals surface area contributed by atoms with E-state index in [0.29, 0.717) is 16.6 Å². The first kappa shape index (κ1) is 11.1. The second kappa shape index (κ2) is 4.52. The number of rotatable bonds is 2. The van der Waals surface area contributed by atoms with Gasteiger partial charge in [0.2, 0.25) is 0 Å². The predicted molar refractivity (Wildman–Crippen MR) is 64.4 cm³/mol. The summed E-state index contributed by atoms with van der Waals surface area (Å²) in [5.74, 6) is 0.501. The maximum Gasteiger partial charge on any atom is 0.0635 e. The molecular formula is C12H16ClN. The van der Waals surface area contributed by atoms with Gasteiger partial charge < -0.3 is 5.73 Å². The van der Waals surface area contributed by atoms with Crippen molar-refractivity contribution in [1.29, 1.82) is 0 Å². The molecule has 0 unspecified atom stereocenters. The Bertz CT molecular complexity index is 353. The van der Waals surface area contributed by atoms with Crippen molar-refractivity contribution < 1.29 is 0 Å². The molecule has 14 heavy (non-hydrogen) atoms. The van der Waals surface area contributed by atoms with Gasteiger partial charge in [0.25, 0.3) is 0 Å². The number of nitrogens with two attached hydrogens (primary N) is 1. The van der Waals surface area contributed by atoms with Crippen LogP contribution in [0.5, 0.6) is 0 Å². The van der Waals surface area contributed by atoms with E-state index in [1.165, 1.54) is 5.57 Å². The quantitative estimate of drug-likeness (QED) is 0.733. The van der Waals surface area contributed by atoms with Gasteiger partial charge in [-0.1, -0.05) is 37.6 Å². The van der Waals surface area contributed by atoms with Crippen LogP contribution in [0.3, 0.4) is 0 Å². The van der Waals surface area contributed by atoms with Crippen LogP contribution in [0.2, 0.25) is 5.02 Å². The molecule has 0 aliphatic carbocycles. The lowest BCUT2D eigenvalue weighted by molar-refractivity contribution is 0.854. The van der Waals surface area contributed by atoms with E-state index in [4.69, 9.17) is 17.3 Å². The number of anilines is 1. The third-order valence-corrected chi connectivity index (χ3v) is 2.61. The number of halogens is 1. The van der Waals surface area contributed by atoms with Crippen LogP contribution in [0.1, 0.15) is 26.3 Å². The van der Waals surface area contributed by atoms with Crippen molar-refractivity contribution >= 4 is 22.9 Å². The molecule has 1 rings (SSSR count). The molecule has 0 aliphatic heterocycles. The Kier molecular flexibility index (Phi) is 3.59. The number of nitrogen functional groups attached to an aromatic ring is 1. The lowest BCUT2D eigenvalue weighted by Crippen LogP contribution is -1.95. The highest BCUT2D eigenvalue weighted by molar-refractivity contribution is 6.33. The van der Waals surface area contributed by atoms with E-state index in [2.05, 4.69) is 19.9 Å². The summed E-state index contributed by atoms with van der Waals surface area (Å²) in [6, 6.07) is 5.78. The molecule has 0 bridgehead atoms. The van der Waals surface area contributed by atoms with E-state index in [-0.39, 0.29) is 0 Å². The summed E-state index contributed by atoms with van der Waals surface area (Å²) in [7, 11) is 0. The summed E-state index contributed by atoms with van der Waals surface area (Å²) in [4.78, 5) is 0. The second-order valence-electron chi connectivity index (χ2n) is 3.64. The minimum atomic E-state index is 0.501. The van der Waals surface area contributed by atoms with Crippen molar-refractivity contribution in [3.63, 3.8) is 0 Å². The Morgan fingerprint density at radius 1 is 1.43 bits per heavy atom. The fourth-order valence-electron chi connectivity index (χ4n) is 1.56. The molecule has 0 saturated heterocycles. The first-order valence-corrected chi connectivity index (χ1v) is 5.15. The van der Waals surface area contributed by atoms with E-state index in [9.17, 15) is 0 Å². The van der Waals surface area contributed by atoms with Gasteiger partial charge in [0.1, 0.15) is 0 Å². The zero-order valence-electron chi connectivity index (χ0n) is 8.84. The van der Waals surface area contributed by atoms with Gasteiger partial charge in [-0.25, -0.2) is 0 Å². The smallest absolute Gasteiger partial charge is 0.0635 e. The summed E-state index contributed by atoms with van der Waals surface area (Å²) in [5, 5.41) is 0.618. The summed E-state index contributed by atoms with van der Waals surface area (Å²) in [6.07, 6.45) is 2.12. The van der Waals surface area contributed by atoms with Gasteiger partial charge in [0.15, 0.2) is 0 Å². The average Bonchev–Trinajstić information content (AvgIpc) is 2.11. The normalized spacial score (nSPS) is 12.2. The Hall–Kier alpha value is -0.950. The number of hydrogen-bond acceptors (Lipinski definition) is 1. The largest absolute Gasteiger partial charge is 0.398 e. The minimum absolute atomic E-state index is 0.501. The molecule has 2 heteroatoms. The molecule has 1 aromatic carbocycles. The number of allylic oxidation sites excluding steroid dienone is 2. The molecule has 1 aromatic rings. The molecular weight excluding hydrogens is 194 g/mol. The molecule has 0 aliphatic rings. The van der Waals surface area contributed by atoms with Crippen molar-refractivity contribution in [1.82, 2.24) is 0 Å². The van der Waals surface area contributed by atoms with Gasteiger partial charge in [0, 0.05) is 0 Å². The van der Waals surface area contributed by atoms with E-state index in [1.54, 1.807) is 0 Å². The lowest BCUT2D eigenvalue weighted by Gasteiger charge is -2.12.